The number of halogens is 8. The maximum Gasteiger partial charge on any atom is 0.417 e. The number of hydrogen-bond donors (Lipinski definition) is 2. The van der Waals surface area contributed by atoms with Crippen molar-refractivity contribution in [2.45, 2.75) is 37.7 Å². The number of nitrogens with one attached hydrogen (secondary N) is 1. The van der Waals surface area contributed by atoms with Crippen molar-refractivity contribution < 1.29 is 64.3 Å². The summed E-state index contributed by atoms with van der Waals surface area (Å²) in [6.07, 6.45) is -9.73. The summed E-state index contributed by atoms with van der Waals surface area (Å²) < 4.78 is 121. The minimum Gasteiger partial charge on any atom is -0.488 e. The van der Waals surface area contributed by atoms with E-state index in [4.69, 9.17) is 14.2 Å². The minimum absolute atomic E-state index is 0.0103. The molecule has 2 atom stereocenters. The zero-order valence-electron chi connectivity index (χ0n) is 36.3. The Labute approximate surface area is 384 Å². The van der Waals surface area contributed by atoms with Gasteiger partial charge in [0.25, 0.3) is 11.4 Å². The molecule has 68 heavy (non-hydrogen) atoms. The Morgan fingerprint density at radius 2 is 1.15 bits per heavy atom. The first kappa shape index (κ1) is 52.0. The normalized spacial score (nSPS) is 13.6. The monoisotopic (exact) mass is 956 g/mol. The van der Waals surface area contributed by atoms with E-state index < -0.39 is 56.8 Å². The number of nitro groups is 2. The Kier molecular flexibility index (Phi) is 18.1. The van der Waals surface area contributed by atoms with Gasteiger partial charge in [-0.2, -0.15) is 26.3 Å². The number of aliphatic hydroxyl groups is 1. The summed E-state index contributed by atoms with van der Waals surface area (Å²) in [5.74, 6) is -1.83. The second-order valence-corrected chi connectivity index (χ2v) is 15.2. The highest BCUT2D eigenvalue weighted by Gasteiger charge is 2.34. The van der Waals surface area contributed by atoms with Crippen LogP contribution in [0.25, 0.3) is 22.3 Å². The molecule has 12 nitrogen and oxygen atoms in total. The molecule has 6 aromatic rings. The SMILES string of the molecule is CN(Cc1ccc(-c2ccccc2C(F)(F)F)cc1)CC(O)COc1ccc([N+](=O)[O-])cc1F.CNCc1ccc(-c2ccccc2C(F)(F)F)cc1.O=[N+]([O-])c1ccc(OCC2CO2)c(F)c1. The summed E-state index contributed by atoms with van der Waals surface area (Å²) in [5, 5.41) is 34.2. The van der Waals surface area contributed by atoms with Gasteiger partial charge in [0, 0.05) is 31.8 Å². The van der Waals surface area contributed by atoms with Crippen LogP contribution in [0.5, 0.6) is 11.5 Å². The number of alkyl halides is 6. The molecule has 0 saturated carbocycles. The molecule has 1 heterocycles. The molecule has 0 radical (unpaired) electrons. The van der Waals surface area contributed by atoms with Gasteiger partial charge in [-0.3, -0.25) is 25.1 Å². The van der Waals surface area contributed by atoms with Crippen molar-refractivity contribution in [3.8, 4) is 33.8 Å². The number of likely N-dealkylation sites (N-methyl/N-ethyl adjacent to an activating group) is 1. The summed E-state index contributed by atoms with van der Waals surface area (Å²) in [6, 6.07) is 31.0. The summed E-state index contributed by atoms with van der Waals surface area (Å²) in [4.78, 5) is 21.4. The van der Waals surface area contributed by atoms with Crippen LogP contribution < -0.4 is 14.8 Å². The second-order valence-electron chi connectivity index (χ2n) is 15.2. The average Bonchev–Trinajstić information content (AvgIpc) is 4.13. The van der Waals surface area contributed by atoms with E-state index in [1.807, 2.05) is 19.2 Å². The van der Waals surface area contributed by atoms with E-state index in [0.717, 1.165) is 47.5 Å². The topological polar surface area (TPSA) is 153 Å². The van der Waals surface area contributed by atoms with Gasteiger partial charge in [0.05, 0.1) is 39.7 Å². The fourth-order valence-electron chi connectivity index (χ4n) is 6.52. The molecule has 1 aliphatic rings. The highest BCUT2D eigenvalue weighted by Crippen LogP contribution is 2.38. The molecule has 0 spiro atoms. The average molecular weight is 957 g/mol. The number of non-ortho nitro benzene ring substituents is 2. The maximum absolute atomic E-state index is 13.9. The van der Waals surface area contributed by atoms with Crippen molar-refractivity contribution in [3.05, 3.63) is 188 Å². The minimum atomic E-state index is -4.45. The van der Waals surface area contributed by atoms with E-state index in [1.54, 1.807) is 60.5 Å². The Hall–Kier alpha value is -7.00. The number of rotatable bonds is 16. The number of hydrogen-bond acceptors (Lipinski definition) is 10. The van der Waals surface area contributed by atoms with Crippen LogP contribution in [0.3, 0.4) is 0 Å². The molecule has 0 amide bonds. The largest absolute Gasteiger partial charge is 0.488 e. The lowest BCUT2D eigenvalue weighted by Gasteiger charge is -2.21. The van der Waals surface area contributed by atoms with Gasteiger partial charge in [-0.05, 0) is 71.7 Å². The Morgan fingerprint density at radius 3 is 1.56 bits per heavy atom. The number of aliphatic hydroxyl groups excluding tert-OH is 1. The van der Waals surface area contributed by atoms with Crippen molar-refractivity contribution >= 4 is 11.4 Å². The van der Waals surface area contributed by atoms with Gasteiger partial charge >= 0.3 is 12.4 Å². The number of nitrogens with zero attached hydrogens (tertiary/aromatic N) is 3. The summed E-state index contributed by atoms with van der Waals surface area (Å²) in [5.41, 5.74) is 1.20. The van der Waals surface area contributed by atoms with E-state index in [-0.39, 0.29) is 54.2 Å². The van der Waals surface area contributed by atoms with Gasteiger partial charge in [-0.1, -0.05) is 84.9 Å². The zero-order valence-corrected chi connectivity index (χ0v) is 36.3. The zero-order chi connectivity index (χ0) is 49.6. The van der Waals surface area contributed by atoms with E-state index >= 15 is 0 Å². The van der Waals surface area contributed by atoms with E-state index in [0.29, 0.717) is 30.8 Å². The molecule has 0 bridgehead atoms. The van der Waals surface area contributed by atoms with Crippen molar-refractivity contribution in [3.63, 3.8) is 0 Å². The first-order chi connectivity index (χ1) is 32.2. The van der Waals surface area contributed by atoms with Gasteiger partial charge in [0.2, 0.25) is 0 Å². The Bertz CT molecular complexity index is 2610. The lowest BCUT2D eigenvalue weighted by Crippen LogP contribution is -2.32. The van der Waals surface area contributed by atoms with Gasteiger partial charge in [-0.25, -0.2) is 8.78 Å². The molecule has 6 aromatic carbocycles. The molecular formula is C48H44F8N4O8. The van der Waals surface area contributed by atoms with Gasteiger partial charge in [-0.15, -0.1) is 0 Å². The lowest BCUT2D eigenvalue weighted by atomic mass is 9.98. The molecule has 20 heteroatoms. The highest BCUT2D eigenvalue weighted by atomic mass is 19.4. The molecule has 0 aliphatic carbocycles. The Morgan fingerprint density at radius 1 is 0.706 bits per heavy atom. The third kappa shape index (κ3) is 15.5. The van der Waals surface area contributed by atoms with Crippen molar-refractivity contribution in [2.75, 3.05) is 40.5 Å². The summed E-state index contributed by atoms with van der Waals surface area (Å²) in [6.45, 7) is 1.94. The maximum atomic E-state index is 13.9. The first-order valence-corrected chi connectivity index (χ1v) is 20.5. The molecule has 7 rings (SSSR count). The lowest BCUT2D eigenvalue weighted by molar-refractivity contribution is -0.385. The number of ether oxygens (including phenoxy) is 3. The third-order valence-corrected chi connectivity index (χ3v) is 9.86. The van der Waals surface area contributed by atoms with Gasteiger partial charge in [0.1, 0.15) is 25.4 Å². The summed E-state index contributed by atoms with van der Waals surface area (Å²) >= 11 is 0. The van der Waals surface area contributed by atoms with Crippen molar-refractivity contribution in [2.24, 2.45) is 0 Å². The standard InChI is InChI=1S/C24H22F4N2O4.C15H14F3N.C9H8FNO4/c1-29(14-19(31)15-34-23-11-10-18(30(32)33)12-22(23)25)13-16-6-8-17(9-7-16)20-4-2-3-5-21(20)24(26,27)28;1-19-10-11-6-8-12(9-7-11)13-4-2-3-5-14(13)15(16,17)18;10-8-3-6(11(12)13)1-2-9(8)15-5-7-4-14-7/h2-12,19,31H,13-15H2,1H3;2-9,19H,10H2,1H3;1-3,7H,4-5H2. The second kappa shape index (κ2) is 23.6. The van der Waals surface area contributed by atoms with Crippen LogP contribution in [-0.4, -0.2) is 72.5 Å². The van der Waals surface area contributed by atoms with Crippen molar-refractivity contribution in [1.29, 1.82) is 0 Å². The highest BCUT2D eigenvalue weighted by molar-refractivity contribution is 5.69. The quantitative estimate of drug-likeness (QED) is 0.0415. The smallest absolute Gasteiger partial charge is 0.417 e. The fourth-order valence-corrected chi connectivity index (χ4v) is 6.52. The predicted octanol–water partition coefficient (Wildman–Crippen LogP) is 10.9. The van der Waals surface area contributed by atoms with Crippen LogP contribution >= 0.6 is 0 Å². The van der Waals surface area contributed by atoms with Crippen LogP contribution in [0, 0.1) is 31.9 Å². The molecular weight excluding hydrogens is 913 g/mol. The molecule has 2 N–H and O–H groups in total. The number of benzene rings is 6. The van der Waals surface area contributed by atoms with E-state index in [2.05, 4.69) is 5.32 Å². The molecule has 360 valence electrons. The molecule has 0 aromatic heterocycles. The van der Waals surface area contributed by atoms with Gasteiger partial charge in [0.15, 0.2) is 23.1 Å². The number of epoxide rings is 1. The molecule has 1 saturated heterocycles. The molecule has 2 unspecified atom stereocenters. The van der Waals surface area contributed by atoms with Crippen LogP contribution in [-0.2, 0) is 30.2 Å². The third-order valence-electron chi connectivity index (χ3n) is 9.86. The molecule has 1 fully saturated rings. The number of nitro benzene ring substituents is 2. The van der Waals surface area contributed by atoms with Gasteiger partial charge < -0.3 is 24.6 Å². The van der Waals surface area contributed by atoms with Crippen LogP contribution in [0.1, 0.15) is 22.3 Å². The van der Waals surface area contributed by atoms with E-state index in [9.17, 15) is 60.5 Å². The van der Waals surface area contributed by atoms with Crippen LogP contribution in [0.15, 0.2) is 133 Å². The van der Waals surface area contributed by atoms with Crippen molar-refractivity contribution in [1.82, 2.24) is 10.2 Å². The summed E-state index contributed by atoms with van der Waals surface area (Å²) in [7, 11) is 3.56. The predicted molar refractivity (Wildman–Crippen MR) is 236 cm³/mol. The van der Waals surface area contributed by atoms with Crippen LogP contribution in [0.2, 0.25) is 0 Å². The van der Waals surface area contributed by atoms with E-state index in [1.165, 1.54) is 36.4 Å². The van der Waals surface area contributed by atoms with Crippen LogP contribution in [0.4, 0.5) is 46.5 Å². The fraction of sp³-hybridized carbons (Fsp3) is 0.250. The Balaban J connectivity index is 0.000000212. The molecule has 1 aliphatic heterocycles. The first-order valence-electron chi connectivity index (χ1n) is 20.5.